The molecule has 1 nitrogen and oxygen atoms in total. The fourth-order valence-electron chi connectivity index (χ4n) is 1.08. The Morgan fingerprint density at radius 3 is 2.38 bits per heavy atom. The third-order valence-electron chi connectivity index (χ3n) is 1.76. The summed E-state index contributed by atoms with van der Waals surface area (Å²) in [5.41, 5.74) is 0.311. The van der Waals surface area contributed by atoms with E-state index in [0.29, 0.717) is 5.69 Å². The molecule has 1 aromatic rings. The molecule has 3 heteroatoms. The van der Waals surface area contributed by atoms with Gasteiger partial charge in [0.2, 0.25) is 0 Å². The molecule has 0 spiro atoms. The van der Waals surface area contributed by atoms with Crippen LogP contribution >= 0.6 is 11.8 Å². The number of hydrogen-bond donors (Lipinski definition) is 0. The number of pyridine rings is 1. The van der Waals surface area contributed by atoms with E-state index in [1.54, 1.807) is 6.20 Å². The van der Waals surface area contributed by atoms with Crippen molar-refractivity contribution in [2.45, 2.75) is 31.1 Å². The number of thioether (sulfide) groups is 1. The first-order valence-corrected chi connectivity index (χ1v) is 5.37. The molecule has 0 saturated heterocycles. The van der Waals surface area contributed by atoms with Crippen molar-refractivity contribution >= 4 is 11.8 Å². The van der Waals surface area contributed by atoms with Crippen LogP contribution in [0.25, 0.3) is 0 Å². The van der Waals surface area contributed by atoms with Crippen molar-refractivity contribution in [2.24, 2.45) is 0 Å². The summed E-state index contributed by atoms with van der Waals surface area (Å²) in [5.74, 6) is -0.209. The molecule has 0 atom stereocenters. The highest BCUT2D eigenvalue weighted by molar-refractivity contribution is 7.98. The zero-order chi connectivity index (χ0) is 10.1. The Morgan fingerprint density at radius 2 is 2.00 bits per heavy atom. The van der Waals surface area contributed by atoms with Crippen LogP contribution in [0, 0.1) is 5.82 Å². The first kappa shape index (κ1) is 10.5. The van der Waals surface area contributed by atoms with E-state index < -0.39 is 0 Å². The van der Waals surface area contributed by atoms with Gasteiger partial charge < -0.3 is 0 Å². The average Bonchev–Trinajstić information content (AvgIpc) is 2.01. The van der Waals surface area contributed by atoms with Crippen LogP contribution in [0.2, 0.25) is 0 Å². The second-order valence-electron chi connectivity index (χ2n) is 3.96. The third-order valence-corrected chi connectivity index (χ3v) is 2.46. The van der Waals surface area contributed by atoms with Crippen LogP contribution in [0.3, 0.4) is 0 Å². The minimum absolute atomic E-state index is 0.209. The van der Waals surface area contributed by atoms with E-state index in [9.17, 15) is 4.39 Å². The first-order chi connectivity index (χ1) is 5.95. The normalized spacial score (nSPS) is 11.8. The molecule has 0 aliphatic heterocycles. The molecule has 0 radical (unpaired) electrons. The van der Waals surface area contributed by atoms with Crippen molar-refractivity contribution < 1.29 is 4.39 Å². The molecule has 0 aliphatic carbocycles. The van der Waals surface area contributed by atoms with Gasteiger partial charge in [-0.05, 0) is 12.3 Å². The minimum Gasteiger partial charge on any atom is -0.257 e. The summed E-state index contributed by atoms with van der Waals surface area (Å²) >= 11 is 1.50. The van der Waals surface area contributed by atoms with E-state index in [2.05, 4.69) is 4.98 Å². The first-order valence-electron chi connectivity index (χ1n) is 4.15. The maximum Gasteiger partial charge on any atom is 0.146 e. The Labute approximate surface area is 82.8 Å². The van der Waals surface area contributed by atoms with Crippen LogP contribution < -0.4 is 0 Å². The van der Waals surface area contributed by atoms with Crippen LogP contribution in [-0.4, -0.2) is 11.2 Å². The summed E-state index contributed by atoms with van der Waals surface area (Å²) in [4.78, 5) is 4.99. The standard InChI is InChI=1S/C10H14FNS/c1-10(2,3)9-8(11)5-7(13-4)6-12-9/h5-6H,1-4H3. The monoisotopic (exact) mass is 199 g/mol. The summed E-state index contributed by atoms with van der Waals surface area (Å²) in [5, 5.41) is 0. The highest BCUT2D eigenvalue weighted by Crippen LogP contribution is 2.25. The fraction of sp³-hybridized carbons (Fsp3) is 0.500. The Bertz CT molecular complexity index is 304. The van der Waals surface area contributed by atoms with Crippen LogP contribution in [0.4, 0.5) is 4.39 Å². The second kappa shape index (κ2) is 3.66. The fourth-order valence-corrected chi connectivity index (χ4v) is 1.46. The molecule has 1 aromatic heterocycles. The molecular formula is C10H14FNS. The largest absolute Gasteiger partial charge is 0.257 e. The lowest BCUT2D eigenvalue weighted by molar-refractivity contribution is 0.500. The SMILES string of the molecule is CSc1cnc(C(C)(C)C)c(F)c1. The smallest absolute Gasteiger partial charge is 0.146 e. The van der Waals surface area contributed by atoms with Crippen molar-refractivity contribution in [2.75, 3.05) is 6.26 Å². The van der Waals surface area contributed by atoms with Gasteiger partial charge in [-0.2, -0.15) is 0 Å². The average molecular weight is 199 g/mol. The Hall–Kier alpha value is -0.570. The second-order valence-corrected chi connectivity index (χ2v) is 4.84. The Morgan fingerprint density at radius 1 is 1.38 bits per heavy atom. The van der Waals surface area contributed by atoms with Gasteiger partial charge >= 0.3 is 0 Å². The lowest BCUT2D eigenvalue weighted by Crippen LogP contribution is -2.15. The molecule has 0 aromatic carbocycles. The molecule has 0 bridgehead atoms. The highest BCUT2D eigenvalue weighted by atomic mass is 32.2. The maximum absolute atomic E-state index is 13.5. The van der Waals surface area contributed by atoms with Gasteiger partial charge in [-0.1, -0.05) is 20.8 Å². The van der Waals surface area contributed by atoms with Gasteiger partial charge in [0.15, 0.2) is 0 Å². The summed E-state index contributed by atoms with van der Waals surface area (Å²) in [6.45, 7) is 5.87. The van der Waals surface area contributed by atoms with E-state index in [1.165, 1.54) is 17.8 Å². The van der Waals surface area contributed by atoms with E-state index >= 15 is 0 Å². The van der Waals surface area contributed by atoms with E-state index in [0.717, 1.165) is 4.90 Å². The summed E-state index contributed by atoms with van der Waals surface area (Å²) in [6.07, 6.45) is 3.63. The predicted octanol–water partition coefficient (Wildman–Crippen LogP) is 3.24. The molecule has 1 heterocycles. The van der Waals surface area contributed by atoms with Gasteiger partial charge in [0.05, 0.1) is 5.69 Å². The topological polar surface area (TPSA) is 12.9 Å². The molecule has 0 fully saturated rings. The lowest BCUT2D eigenvalue weighted by Gasteiger charge is -2.18. The quantitative estimate of drug-likeness (QED) is 0.644. The molecule has 0 amide bonds. The lowest BCUT2D eigenvalue weighted by atomic mass is 9.91. The molecule has 0 aliphatic rings. The molecule has 72 valence electrons. The maximum atomic E-state index is 13.5. The van der Waals surface area contributed by atoms with Gasteiger partial charge in [-0.25, -0.2) is 4.39 Å². The van der Waals surface area contributed by atoms with Crippen LogP contribution in [0.15, 0.2) is 17.2 Å². The van der Waals surface area contributed by atoms with Gasteiger partial charge in [0, 0.05) is 16.5 Å². The molecular weight excluding hydrogens is 185 g/mol. The summed E-state index contributed by atoms with van der Waals surface area (Å²) in [7, 11) is 0. The van der Waals surface area contributed by atoms with Gasteiger partial charge in [0.25, 0.3) is 0 Å². The number of halogens is 1. The molecule has 0 N–H and O–H groups in total. The van der Waals surface area contributed by atoms with Crippen molar-refractivity contribution in [3.8, 4) is 0 Å². The summed E-state index contributed by atoms with van der Waals surface area (Å²) in [6, 6.07) is 1.54. The zero-order valence-electron chi connectivity index (χ0n) is 8.39. The Kier molecular flexibility index (Phi) is 2.96. The predicted molar refractivity (Wildman–Crippen MR) is 54.7 cm³/mol. The molecule has 1 rings (SSSR count). The van der Waals surface area contributed by atoms with E-state index in [4.69, 9.17) is 0 Å². The van der Waals surface area contributed by atoms with Crippen molar-refractivity contribution in [3.05, 3.63) is 23.8 Å². The van der Waals surface area contributed by atoms with E-state index in [1.807, 2.05) is 27.0 Å². The number of nitrogens with zero attached hydrogens (tertiary/aromatic N) is 1. The Balaban J connectivity index is 3.13. The van der Waals surface area contributed by atoms with Crippen molar-refractivity contribution in [1.29, 1.82) is 0 Å². The molecule has 13 heavy (non-hydrogen) atoms. The van der Waals surface area contributed by atoms with Crippen LogP contribution in [-0.2, 0) is 5.41 Å². The van der Waals surface area contributed by atoms with E-state index in [-0.39, 0.29) is 11.2 Å². The molecule has 0 unspecified atom stereocenters. The van der Waals surface area contributed by atoms with Crippen LogP contribution in [0.1, 0.15) is 26.5 Å². The van der Waals surface area contributed by atoms with Gasteiger partial charge in [0.1, 0.15) is 5.82 Å². The summed E-state index contributed by atoms with van der Waals surface area (Å²) < 4.78 is 13.5. The third kappa shape index (κ3) is 2.44. The van der Waals surface area contributed by atoms with Gasteiger partial charge in [-0.3, -0.25) is 4.98 Å². The van der Waals surface area contributed by atoms with Crippen molar-refractivity contribution in [1.82, 2.24) is 4.98 Å². The zero-order valence-corrected chi connectivity index (χ0v) is 9.20. The van der Waals surface area contributed by atoms with Gasteiger partial charge in [-0.15, -0.1) is 11.8 Å². The van der Waals surface area contributed by atoms with Crippen molar-refractivity contribution in [3.63, 3.8) is 0 Å². The number of aromatic nitrogens is 1. The number of rotatable bonds is 1. The molecule has 0 saturated carbocycles. The minimum atomic E-state index is -0.221. The highest BCUT2D eigenvalue weighted by Gasteiger charge is 2.19. The van der Waals surface area contributed by atoms with Crippen LogP contribution in [0.5, 0.6) is 0 Å². The number of hydrogen-bond acceptors (Lipinski definition) is 2.